The monoisotopic (exact) mass is 299 g/mol. The van der Waals surface area contributed by atoms with Crippen molar-refractivity contribution in [3.8, 4) is 0 Å². The van der Waals surface area contributed by atoms with E-state index in [1.54, 1.807) is 31.3 Å². The predicted octanol–water partition coefficient (Wildman–Crippen LogP) is 1.95. The minimum atomic E-state index is -0.337. The Hall–Kier alpha value is -2.96. The number of benzene rings is 1. The Balaban J connectivity index is 1.80. The van der Waals surface area contributed by atoms with Gasteiger partial charge in [-0.15, -0.1) is 0 Å². The van der Waals surface area contributed by atoms with Crippen LogP contribution in [-0.4, -0.2) is 32.8 Å². The number of H-pyrrole nitrogens is 1. The number of aromatic nitrogens is 3. The molecule has 0 atom stereocenters. The summed E-state index contributed by atoms with van der Waals surface area (Å²) in [7, 11) is 1.64. The number of nitrogens with two attached hydrogens (primary N) is 1. The second-order valence-corrected chi connectivity index (χ2v) is 4.95. The van der Waals surface area contributed by atoms with Gasteiger partial charge in [-0.3, -0.25) is 4.79 Å². The largest absolute Gasteiger partial charge is 0.384 e. The summed E-state index contributed by atoms with van der Waals surface area (Å²) >= 11 is 0. The van der Waals surface area contributed by atoms with E-state index in [2.05, 4.69) is 15.0 Å². The van der Waals surface area contributed by atoms with Gasteiger partial charge in [-0.2, -0.15) is 0 Å². The molecule has 3 aromatic rings. The maximum atomic E-state index is 13.2. The molecule has 0 unspecified atom stereocenters. The number of carbonyl (C=O) groups excluding carboxylic acids is 1. The number of aromatic amines is 1. The summed E-state index contributed by atoms with van der Waals surface area (Å²) in [5, 5.41) is 0. The fraction of sp³-hybridized carbons (Fsp3) is 0.133. The van der Waals surface area contributed by atoms with Crippen LogP contribution in [0.2, 0.25) is 0 Å². The zero-order chi connectivity index (χ0) is 15.7. The van der Waals surface area contributed by atoms with Crippen molar-refractivity contribution in [1.82, 2.24) is 19.9 Å². The van der Waals surface area contributed by atoms with Crippen LogP contribution < -0.4 is 5.73 Å². The molecule has 1 aromatic carbocycles. The molecule has 0 aliphatic rings. The summed E-state index contributed by atoms with van der Waals surface area (Å²) < 4.78 is 13.2. The van der Waals surface area contributed by atoms with Crippen molar-refractivity contribution in [3.63, 3.8) is 0 Å². The number of imidazole rings is 1. The maximum Gasteiger partial charge on any atom is 0.272 e. The van der Waals surface area contributed by atoms with E-state index in [-0.39, 0.29) is 24.0 Å². The molecule has 6 nitrogen and oxygen atoms in total. The molecular weight excluding hydrogens is 285 g/mol. The minimum absolute atomic E-state index is 0.256. The molecule has 3 N–H and O–H groups in total. The van der Waals surface area contributed by atoms with Gasteiger partial charge in [-0.25, -0.2) is 14.4 Å². The summed E-state index contributed by atoms with van der Waals surface area (Å²) in [5.41, 5.74) is 7.09. The number of amides is 1. The minimum Gasteiger partial charge on any atom is -0.384 e. The first-order valence-corrected chi connectivity index (χ1v) is 6.65. The lowest BCUT2D eigenvalue weighted by Gasteiger charge is -2.15. The second-order valence-electron chi connectivity index (χ2n) is 4.95. The lowest BCUT2D eigenvalue weighted by Crippen LogP contribution is -2.27. The molecule has 112 valence electrons. The number of pyridine rings is 1. The molecule has 2 heterocycles. The number of nitrogens with one attached hydrogen (secondary N) is 1. The molecule has 0 spiro atoms. The molecule has 2 aromatic heterocycles. The molecule has 0 aliphatic carbocycles. The highest BCUT2D eigenvalue weighted by Crippen LogP contribution is 2.14. The van der Waals surface area contributed by atoms with Crippen molar-refractivity contribution >= 4 is 22.8 Å². The van der Waals surface area contributed by atoms with Gasteiger partial charge in [0, 0.05) is 7.05 Å². The highest BCUT2D eigenvalue weighted by Gasteiger charge is 2.15. The number of nitrogens with zero attached hydrogens (tertiary/aromatic N) is 3. The summed E-state index contributed by atoms with van der Waals surface area (Å²) in [6.07, 6.45) is 0. The molecule has 0 bridgehead atoms. The van der Waals surface area contributed by atoms with Gasteiger partial charge in [0.2, 0.25) is 0 Å². The van der Waals surface area contributed by atoms with Gasteiger partial charge in [0.1, 0.15) is 23.2 Å². The van der Waals surface area contributed by atoms with Crippen molar-refractivity contribution in [3.05, 3.63) is 53.7 Å². The quantitative estimate of drug-likeness (QED) is 0.773. The van der Waals surface area contributed by atoms with Crippen LogP contribution in [-0.2, 0) is 6.54 Å². The number of hydrogen-bond acceptors (Lipinski definition) is 4. The van der Waals surface area contributed by atoms with Crippen molar-refractivity contribution in [2.45, 2.75) is 6.54 Å². The molecule has 7 heteroatoms. The third-order valence-corrected chi connectivity index (χ3v) is 3.22. The Kier molecular flexibility index (Phi) is 3.46. The predicted molar refractivity (Wildman–Crippen MR) is 80.5 cm³/mol. The highest BCUT2D eigenvalue weighted by molar-refractivity contribution is 5.92. The Morgan fingerprint density at radius 1 is 1.32 bits per heavy atom. The van der Waals surface area contributed by atoms with Crippen LogP contribution in [0.25, 0.3) is 11.0 Å². The van der Waals surface area contributed by atoms with Crippen molar-refractivity contribution < 1.29 is 9.18 Å². The van der Waals surface area contributed by atoms with E-state index in [0.717, 1.165) is 0 Å². The number of carbonyl (C=O) groups is 1. The van der Waals surface area contributed by atoms with Crippen LogP contribution in [0.3, 0.4) is 0 Å². The average Bonchev–Trinajstić information content (AvgIpc) is 2.87. The van der Waals surface area contributed by atoms with Crippen LogP contribution in [0, 0.1) is 5.82 Å². The van der Waals surface area contributed by atoms with E-state index in [1.807, 2.05) is 0 Å². The normalized spacial score (nSPS) is 10.8. The zero-order valence-corrected chi connectivity index (χ0v) is 11.9. The first kappa shape index (κ1) is 14.0. The summed E-state index contributed by atoms with van der Waals surface area (Å²) in [5.74, 6) is 0.258. The van der Waals surface area contributed by atoms with Crippen molar-refractivity contribution in [2.75, 3.05) is 12.8 Å². The van der Waals surface area contributed by atoms with Crippen molar-refractivity contribution in [1.29, 1.82) is 0 Å². The van der Waals surface area contributed by atoms with Crippen LogP contribution >= 0.6 is 0 Å². The zero-order valence-electron chi connectivity index (χ0n) is 11.9. The molecule has 0 saturated heterocycles. The molecule has 22 heavy (non-hydrogen) atoms. The number of hydrogen-bond donors (Lipinski definition) is 2. The van der Waals surface area contributed by atoms with Crippen LogP contribution in [0.4, 0.5) is 10.2 Å². The summed E-state index contributed by atoms with van der Waals surface area (Å²) in [6.45, 7) is 0.256. The van der Waals surface area contributed by atoms with Gasteiger partial charge in [0.15, 0.2) is 0 Å². The first-order chi connectivity index (χ1) is 10.5. The number of halogens is 1. The summed E-state index contributed by atoms with van der Waals surface area (Å²) in [6, 6.07) is 9.19. The van der Waals surface area contributed by atoms with Gasteiger partial charge in [0.05, 0.1) is 17.6 Å². The van der Waals surface area contributed by atoms with Crippen molar-refractivity contribution in [2.24, 2.45) is 0 Å². The van der Waals surface area contributed by atoms with Gasteiger partial charge in [-0.05, 0) is 30.3 Å². The van der Waals surface area contributed by atoms with Gasteiger partial charge in [-0.1, -0.05) is 6.07 Å². The van der Waals surface area contributed by atoms with E-state index in [4.69, 9.17) is 5.73 Å². The lowest BCUT2D eigenvalue weighted by molar-refractivity contribution is 0.0776. The molecule has 0 radical (unpaired) electrons. The van der Waals surface area contributed by atoms with Gasteiger partial charge >= 0.3 is 0 Å². The second kappa shape index (κ2) is 5.44. The SMILES string of the molecule is CN(Cc1nc2ccc(F)cc2[nH]1)C(=O)c1cccc(N)n1. The van der Waals surface area contributed by atoms with Gasteiger partial charge < -0.3 is 15.6 Å². The number of rotatable bonds is 3. The third kappa shape index (κ3) is 2.73. The lowest BCUT2D eigenvalue weighted by atomic mass is 10.3. The van der Waals surface area contributed by atoms with Crippen LogP contribution in [0.5, 0.6) is 0 Å². The molecule has 1 amide bonds. The third-order valence-electron chi connectivity index (χ3n) is 3.22. The number of nitrogen functional groups attached to an aromatic ring is 1. The van der Waals surface area contributed by atoms with E-state index in [0.29, 0.717) is 22.7 Å². The number of fused-ring (bicyclic) bond motifs is 1. The fourth-order valence-electron chi connectivity index (χ4n) is 2.17. The topological polar surface area (TPSA) is 87.9 Å². The van der Waals surface area contributed by atoms with Gasteiger partial charge in [0.25, 0.3) is 5.91 Å². The standard InChI is InChI=1S/C15H14FN5O/c1-21(15(22)11-3-2-4-13(17)18-11)8-14-19-10-6-5-9(16)7-12(10)20-14/h2-7H,8H2,1H3,(H2,17,18)(H,19,20). The Morgan fingerprint density at radius 2 is 2.14 bits per heavy atom. The Labute approximate surface area is 125 Å². The Morgan fingerprint density at radius 3 is 2.91 bits per heavy atom. The highest BCUT2D eigenvalue weighted by atomic mass is 19.1. The van der Waals surface area contributed by atoms with E-state index >= 15 is 0 Å². The van der Waals surface area contributed by atoms with Crippen LogP contribution in [0.1, 0.15) is 16.3 Å². The average molecular weight is 299 g/mol. The molecule has 0 aliphatic heterocycles. The Bertz CT molecular complexity index is 845. The smallest absolute Gasteiger partial charge is 0.272 e. The van der Waals surface area contributed by atoms with E-state index in [9.17, 15) is 9.18 Å². The molecule has 3 rings (SSSR count). The molecule has 0 saturated carbocycles. The van der Waals surface area contributed by atoms with E-state index in [1.165, 1.54) is 17.0 Å². The van der Waals surface area contributed by atoms with E-state index < -0.39 is 0 Å². The maximum absolute atomic E-state index is 13.2. The van der Waals surface area contributed by atoms with Crippen LogP contribution in [0.15, 0.2) is 36.4 Å². The number of anilines is 1. The first-order valence-electron chi connectivity index (χ1n) is 6.65. The molecular formula is C15H14FN5O. The fourth-order valence-corrected chi connectivity index (χ4v) is 2.17. The molecule has 0 fully saturated rings. The summed E-state index contributed by atoms with van der Waals surface area (Å²) in [4.78, 5) is 25.1.